The monoisotopic (exact) mass is 420 g/mol. The molecule has 0 radical (unpaired) electrons. The molecule has 2 atom stereocenters. The molecule has 2 aromatic rings. The Kier molecular flexibility index (Phi) is 6.18. The highest BCUT2D eigenvalue weighted by molar-refractivity contribution is 6.22. The fraction of sp³-hybridized carbons (Fsp3) is 0.400. The van der Waals surface area contributed by atoms with Crippen molar-refractivity contribution in [1.29, 1.82) is 0 Å². The summed E-state index contributed by atoms with van der Waals surface area (Å²) in [5, 5.41) is 3.00. The van der Waals surface area contributed by atoms with Gasteiger partial charge in [-0.05, 0) is 42.5 Å². The van der Waals surface area contributed by atoms with Crippen molar-refractivity contribution in [3.63, 3.8) is 0 Å². The molecule has 0 saturated carbocycles. The average molecular weight is 421 g/mol. The van der Waals surface area contributed by atoms with E-state index in [1.807, 2.05) is 18.2 Å². The van der Waals surface area contributed by atoms with Crippen LogP contribution >= 0.6 is 0 Å². The third kappa shape index (κ3) is 4.39. The molecule has 162 valence electrons. The van der Waals surface area contributed by atoms with E-state index in [4.69, 9.17) is 4.74 Å². The van der Waals surface area contributed by atoms with E-state index in [2.05, 4.69) is 31.3 Å². The first kappa shape index (κ1) is 21.2. The lowest BCUT2D eigenvalue weighted by molar-refractivity contribution is 0.0475. The molecule has 6 nitrogen and oxygen atoms in total. The van der Waals surface area contributed by atoms with E-state index in [-0.39, 0.29) is 36.3 Å². The number of carbonyl (C=O) groups excluding carboxylic acids is 3. The number of hydrogen-bond acceptors (Lipinski definition) is 4. The fourth-order valence-electron chi connectivity index (χ4n) is 4.33. The summed E-state index contributed by atoms with van der Waals surface area (Å²) in [7, 11) is 0. The Morgan fingerprint density at radius 1 is 1.10 bits per heavy atom. The second kappa shape index (κ2) is 9.02. The summed E-state index contributed by atoms with van der Waals surface area (Å²) in [6.07, 6.45) is 1.69. The number of carbonyl (C=O) groups is 3. The Hall–Kier alpha value is -2.99. The van der Waals surface area contributed by atoms with Crippen LogP contribution in [0.3, 0.4) is 0 Å². The lowest BCUT2D eigenvalue weighted by atomic mass is 9.88. The number of rotatable bonds is 7. The minimum absolute atomic E-state index is 0.101. The Bertz CT molecular complexity index is 980. The maximum absolute atomic E-state index is 12.8. The molecule has 0 aromatic heterocycles. The van der Waals surface area contributed by atoms with Crippen LogP contribution in [0.15, 0.2) is 48.5 Å². The molecule has 0 spiro atoms. The van der Waals surface area contributed by atoms with Crippen LogP contribution in [-0.4, -0.2) is 48.4 Å². The zero-order chi connectivity index (χ0) is 22.0. The summed E-state index contributed by atoms with van der Waals surface area (Å²) in [4.78, 5) is 39.6. The smallest absolute Gasteiger partial charge is 0.261 e. The number of amides is 3. The molecule has 3 amide bonds. The van der Waals surface area contributed by atoms with Gasteiger partial charge in [0.1, 0.15) is 0 Å². The van der Waals surface area contributed by atoms with Crippen molar-refractivity contribution in [2.24, 2.45) is 5.92 Å². The van der Waals surface area contributed by atoms with Crippen molar-refractivity contribution in [2.75, 3.05) is 19.7 Å². The van der Waals surface area contributed by atoms with E-state index >= 15 is 0 Å². The standard InChI is InChI=1S/C25H28N2O4/c1-16(2)22(17-7-4-3-5-8-17)14-26-23(28)18-10-11-20-21(13-18)25(30)27(24(20)29)15-19-9-6-12-31-19/h3-5,7-8,10-11,13,16,19,22H,6,9,12,14-15H2,1-2H3,(H,26,28). The van der Waals surface area contributed by atoms with Gasteiger partial charge in [0.2, 0.25) is 0 Å². The largest absolute Gasteiger partial charge is 0.376 e. The van der Waals surface area contributed by atoms with Crippen LogP contribution in [0, 0.1) is 5.92 Å². The highest BCUT2D eigenvalue weighted by Crippen LogP contribution is 2.27. The van der Waals surface area contributed by atoms with Gasteiger partial charge >= 0.3 is 0 Å². The maximum atomic E-state index is 12.8. The topological polar surface area (TPSA) is 75.7 Å². The third-order valence-corrected chi connectivity index (χ3v) is 6.16. The molecule has 1 fully saturated rings. The minimum atomic E-state index is -0.352. The van der Waals surface area contributed by atoms with E-state index in [0.717, 1.165) is 12.8 Å². The lowest BCUT2D eigenvalue weighted by Gasteiger charge is -2.22. The van der Waals surface area contributed by atoms with Crippen LogP contribution in [0.4, 0.5) is 0 Å². The van der Waals surface area contributed by atoms with Gasteiger partial charge in [0, 0.05) is 24.6 Å². The second-order valence-corrected chi connectivity index (χ2v) is 8.59. The van der Waals surface area contributed by atoms with Gasteiger partial charge in [0.25, 0.3) is 17.7 Å². The maximum Gasteiger partial charge on any atom is 0.261 e. The summed E-state index contributed by atoms with van der Waals surface area (Å²) >= 11 is 0. The van der Waals surface area contributed by atoms with Crippen LogP contribution in [0.1, 0.15) is 69.2 Å². The van der Waals surface area contributed by atoms with E-state index in [0.29, 0.717) is 35.8 Å². The van der Waals surface area contributed by atoms with Crippen molar-refractivity contribution in [3.8, 4) is 0 Å². The Morgan fingerprint density at radius 2 is 1.84 bits per heavy atom. The number of ether oxygens (including phenoxy) is 1. The molecule has 2 heterocycles. The Balaban J connectivity index is 1.45. The number of fused-ring (bicyclic) bond motifs is 1. The summed E-state index contributed by atoms with van der Waals surface area (Å²) in [5.41, 5.74) is 2.20. The summed E-state index contributed by atoms with van der Waals surface area (Å²) < 4.78 is 5.57. The fourth-order valence-corrected chi connectivity index (χ4v) is 4.33. The molecule has 6 heteroatoms. The summed E-state index contributed by atoms with van der Waals surface area (Å²) in [6, 6.07) is 14.8. The molecule has 1 N–H and O–H groups in total. The molecule has 4 rings (SSSR count). The van der Waals surface area contributed by atoms with Crippen LogP contribution in [0.5, 0.6) is 0 Å². The molecule has 2 aliphatic heterocycles. The van der Waals surface area contributed by atoms with Crippen LogP contribution in [-0.2, 0) is 4.74 Å². The van der Waals surface area contributed by atoms with Crippen molar-refractivity contribution in [3.05, 3.63) is 70.8 Å². The average Bonchev–Trinajstić information content (AvgIpc) is 3.37. The van der Waals surface area contributed by atoms with Crippen molar-refractivity contribution >= 4 is 17.7 Å². The highest BCUT2D eigenvalue weighted by Gasteiger charge is 2.38. The minimum Gasteiger partial charge on any atom is -0.376 e. The van der Waals surface area contributed by atoms with Gasteiger partial charge in [-0.25, -0.2) is 0 Å². The molecule has 1 saturated heterocycles. The molecule has 0 bridgehead atoms. The molecule has 2 unspecified atom stereocenters. The quantitative estimate of drug-likeness (QED) is 0.694. The SMILES string of the molecule is CC(C)C(CNC(=O)c1ccc2c(c1)C(=O)N(CC1CCCO1)C2=O)c1ccccc1. The first-order valence-electron chi connectivity index (χ1n) is 10.9. The van der Waals surface area contributed by atoms with Gasteiger partial charge in [0.05, 0.1) is 23.8 Å². The Morgan fingerprint density at radius 3 is 2.52 bits per heavy atom. The normalized spacial score (nSPS) is 19.1. The zero-order valence-corrected chi connectivity index (χ0v) is 18.0. The third-order valence-electron chi connectivity index (χ3n) is 6.16. The van der Waals surface area contributed by atoms with E-state index in [1.54, 1.807) is 12.1 Å². The van der Waals surface area contributed by atoms with Gasteiger partial charge in [-0.2, -0.15) is 0 Å². The van der Waals surface area contributed by atoms with E-state index in [9.17, 15) is 14.4 Å². The lowest BCUT2D eigenvalue weighted by Crippen LogP contribution is -2.36. The predicted molar refractivity (Wildman–Crippen MR) is 117 cm³/mol. The molecular formula is C25H28N2O4. The van der Waals surface area contributed by atoms with Gasteiger partial charge in [-0.1, -0.05) is 44.2 Å². The Labute approximate surface area is 182 Å². The van der Waals surface area contributed by atoms with E-state index in [1.165, 1.54) is 16.5 Å². The van der Waals surface area contributed by atoms with Gasteiger partial charge in [-0.3, -0.25) is 19.3 Å². The first-order valence-corrected chi connectivity index (χ1v) is 10.9. The van der Waals surface area contributed by atoms with Crippen molar-refractivity contribution in [1.82, 2.24) is 10.2 Å². The molecule has 2 aromatic carbocycles. The van der Waals surface area contributed by atoms with Crippen molar-refractivity contribution in [2.45, 2.75) is 38.7 Å². The van der Waals surface area contributed by atoms with Gasteiger partial charge in [0.15, 0.2) is 0 Å². The molecule has 2 aliphatic rings. The summed E-state index contributed by atoms with van der Waals surface area (Å²) in [5.74, 6) is -0.374. The predicted octanol–water partition coefficient (Wildman–Crippen LogP) is 3.63. The van der Waals surface area contributed by atoms with Crippen LogP contribution < -0.4 is 5.32 Å². The molecule has 31 heavy (non-hydrogen) atoms. The zero-order valence-electron chi connectivity index (χ0n) is 18.0. The van der Waals surface area contributed by atoms with E-state index < -0.39 is 0 Å². The molecule has 0 aliphatic carbocycles. The second-order valence-electron chi connectivity index (χ2n) is 8.59. The van der Waals surface area contributed by atoms with Gasteiger partial charge in [-0.15, -0.1) is 0 Å². The highest BCUT2D eigenvalue weighted by atomic mass is 16.5. The number of imide groups is 1. The number of nitrogens with zero attached hydrogens (tertiary/aromatic N) is 1. The first-order chi connectivity index (χ1) is 15.0. The van der Waals surface area contributed by atoms with Crippen molar-refractivity contribution < 1.29 is 19.1 Å². The number of nitrogens with one attached hydrogen (secondary N) is 1. The number of hydrogen-bond donors (Lipinski definition) is 1. The van der Waals surface area contributed by atoms with Gasteiger partial charge < -0.3 is 10.1 Å². The van der Waals surface area contributed by atoms with Crippen LogP contribution in [0.2, 0.25) is 0 Å². The number of benzene rings is 2. The molecular weight excluding hydrogens is 392 g/mol. The summed E-state index contributed by atoms with van der Waals surface area (Å²) in [6.45, 7) is 5.69. The van der Waals surface area contributed by atoms with Crippen LogP contribution in [0.25, 0.3) is 0 Å².